The van der Waals surface area contributed by atoms with Gasteiger partial charge in [0.05, 0.1) is 30.9 Å². The molecule has 0 atom stereocenters. The van der Waals surface area contributed by atoms with Crippen molar-refractivity contribution in [3.8, 4) is 17.0 Å². The summed E-state index contributed by atoms with van der Waals surface area (Å²) in [6.07, 6.45) is 0. The van der Waals surface area contributed by atoms with E-state index in [1.807, 2.05) is 25.1 Å². The highest BCUT2D eigenvalue weighted by atomic mass is 32.2. The fourth-order valence-corrected chi connectivity index (χ4v) is 5.03. The van der Waals surface area contributed by atoms with E-state index < -0.39 is 10.0 Å². The van der Waals surface area contributed by atoms with Gasteiger partial charge in [-0.2, -0.15) is 0 Å². The average Bonchev–Trinajstić information content (AvgIpc) is 2.81. The number of rotatable bonds is 6. The zero-order chi connectivity index (χ0) is 22.7. The van der Waals surface area contributed by atoms with Crippen LogP contribution in [-0.4, -0.2) is 52.0 Å². The van der Waals surface area contributed by atoms with Crippen molar-refractivity contribution < 1.29 is 17.9 Å². The fourth-order valence-electron chi connectivity index (χ4n) is 3.67. The number of sulfonamides is 1. The van der Waals surface area contributed by atoms with Crippen LogP contribution in [0, 0.1) is 13.8 Å². The number of hydrogen-bond acceptors (Lipinski definition) is 7. The Bertz CT molecular complexity index is 1210. The van der Waals surface area contributed by atoms with Crippen LogP contribution in [0.2, 0.25) is 0 Å². The zero-order valence-corrected chi connectivity index (χ0v) is 19.1. The highest BCUT2D eigenvalue weighted by molar-refractivity contribution is 7.92. The zero-order valence-electron chi connectivity index (χ0n) is 18.3. The van der Waals surface area contributed by atoms with Gasteiger partial charge in [-0.1, -0.05) is 12.1 Å². The molecule has 2 heterocycles. The molecule has 4 rings (SSSR count). The summed E-state index contributed by atoms with van der Waals surface area (Å²) in [5.41, 5.74) is 3.26. The predicted molar refractivity (Wildman–Crippen MR) is 124 cm³/mol. The summed E-state index contributed by atoms with van der Waals surface area (Å²) >= 11 is 0. The number of nitrogens with one attached hydrogen (secondary N) is 1. The first-order chi connectivity index (χ1) is 15.4. The van der Waals surface area contributed by atoms with Gasteiger partial charge in [0.25, 0.3) is 10.0 Å². The topological polar surface area (TPSA) is 93.7 Å². The molecule has 0 radical (unpaired) electrons. The number of benzene rings is 2. The molecule has 0 saturated carbocycles. The van der Waals surface area contributed by atoms with Crippen LogP contribution >= 0.6 is 0 Å². The average molecular weight is 455 g/mol. The van der Waals surface area contributed by atoms with Crippen molar-refractivity contribution in [2.24, 2.45) is 0 Å². The number of aryl methyl sites for hydroxylation is 2. The summed E-state index contributed by atoms with van der Waals surface area (Å²) < 4.78 is 39.4. The van der Waals surface area contributed by atoms with Crippen LogP contribution in [-0.2, 0) is 14.8 Å². The number of hydrogen-bond donors (Lipinski definition) is 1. The van der Waals surface area contributed by atoms with Crippen molar-refractivity contribution in [1.29, 1.82) is 0 Å². The summed E-state index contributed by atoms with van der Waals surface area (Å²) in [6.45, 7) is 6.50. The highest BCUT2D eigenvalue weighted by Gasteiger charge is 2.19. The summed E-state index contributed by atoms with van der Waals surface area (Å²) in [5, 5.41) is 8.68. The van der Waals surface area contributed by atoms with Gasteiger partial charge in [-0.15, -0.1) is 10.2 Å². The van der Waals surface area contributed by atoms with Crippen LogP contribution in [0.4, 0.5) is 11.5 Å². The molecule has 32 heavy (non-hydrogen) atoms. The van der Waals surface area contributed by atoms with Gasteiger partial charge in [0, 0.05) is 24.3 Å². The van der Waals surface area contributed by atoms with Crippen molar-refractivity contribution in [3.63, 3.8) is 0 Å². The first kappa shape index (κ1) is 22.0. The Labute approximate surface area is 188 Å². The second-order valence-corrected chi connectivity index (χ2v) is 9.30. The summed E-state index contributed by atoms with van der Waals surface area (Å²) in [6, 6.07) is 14.3. The summed E-state index contributed by atoms with van der Waals surface area (Å²) in [4.78, 5) is 2.35. The normalized spacial score (nSPS) is 14.3. The van der Waals surface area contributed by atoms with Crippen molar-refractivity contribution in [2.75, 3.05) is 43.0 Å². The minimum Gasteiger partial charge on any atom is -0.496 e. The lowest BCUT2D eigenvalue weighted by molar-refractivity contribution is 0.122. The number of morpholine rings is 1. The smallest absolute Gasteiger partial charge is 0.262 e. The molecule has 9 heteroatoms. The number of nitrogens with zero attached hydrogens (tertiary/aromatic N) is 3. The van der Waals surface area contributed by atoms with Gasteiger partial charge < -0.3 is 14.4 Å². The Kier molecular flexibility index (Phi) is 6.29. The van der Waals surface area contributed by atoms with Gasteiger partial charge in [-0.3, -0.25) is 4.72 Å². The van der Waals surface area contributed by atoms with Gasteiger partial charge in [-0.05, 0) is 61.4 Å². The second-order valence-electron chi connectivity index (χ2n) is 7.65. The van der Waals surface area contributed by atoms with Gasteiger partial charge in [-0.25, -0.2) is 8.42 Å². The van der Waals surface area contributed by atoms with E-state index >= 15 is 0 Å². The minimum absolute atomic E-state index is 0.218. The number of aromatic nitrogens is 2. The SMILES string of the molecule is COc1cc(C)c(S(=O)(=O)Nc2cccc(-c3ccc(N4CCOCC4)nn3)c2)cc1C. The van der Waals surface area contributed by atoms with Gasteiger partial charge in [0.1, 0.15) is 5.75 Å². The second kappa shape index (κ2) is 9.13. The standard InChI is InChI=1S/C23H26N4O4S/c1-16-14-22(17(2)13-21(16)30-3)32(28,29)26-19-6-4-5-18(15-19)20-7-8-23(25-24-20)27-9-11-31-12-10-27/h4-8,13-15,26H,9-12H2,1-3H3. The van der Waals surface area contributed by atoms with Crippen molar-refractivity contribution in [1.82, 2.24) is 10.2 Å². The third kappa shape index (κ3) is 4.68. The maximum Gasteiger partial charge on any atom is 0.262 e. The Morgan fingerprint density at radius 2 is 1.78 bits per heavy atom. The maximum absolute atomic E-state index is 13.0. The van der Waals surface area contributed by atoms with Crippen LogP contribution in [0.1, 0.15) is 11.1 Å². The van der Waals surface area contributed by atoms with E-state index in [0.717, 1.165) is 30.0 Å². The first-order valence-corrected chi connectivity index (χ1v) is 11.8. The van der Waals surface area contributed by atoms with E-state index in [2.05, 4.69) is 19.8 Å². The van der Waals surface area contributed by atoms with Crippen LogP contribution < -0.4 is 14.4 Å². The van der Waals surface area contributed by atoms with E-state index in [1.54, 1.807) is 44.4 Å². The van der Waals surface area contributed by atoms with Gasteiger partial charge in [0.15, 0.2) is 5.82 Å². The molecule has 2 aromatic carbocycles. The highest BCUT2D eigenvalue weighted by Crippen LogP contribution is 2.28. The molecule has 8 nitrogen and oxygen atoms in total. The van der Waals surface area contributed by atoms with E-state index in [-0.39, 0.29) is 4.90 Å². The predicted octanol–water partition coefficient (Wildman–Crippen LogP) is 3.41. The maximum atomic E-state index is 13.0. The number of methoxy groups -OCH3 is 1. The van der Waals surface area contributed by atoms with Crippen LogP contribution in [0.15, 0.2) is 53.4 Å². The summed E-state index contributed by atoms with van der Waals surface area (Å²) in [7, 11) is -2.21. The molecule has 1 N–H and O–H groups in total. The fraction of sp³-hybridized carbons (Fsp3) is 0.304. The monoisotopic (exact) mass is 454 g/mol. The van der Waals surface area contributed by atoms with Gasteiger partial charge >= 0.3 is 0 Å². The van der Waals surface area contributed by atoms with Crippen LogP contribution in [0.5, 0.6) is 5.75 Å². The third-order valence-electron chi connectivity index (χ3n) is 5.38. The number of ether oxygens (including phenoxy) is 2. The molecule has 168 valence electrons. The van der Waals surface area contributed by atoms with E-state index in [1.165, 1.54) is 0 Å². The Balaban J connectivity index is 1.56. The largest absolute Gasteiger partial charge is 0.496 e. The lowest BCUT2D eigenvalue weighted by Gasteiger charge is -2.27. The molecule has 1 aliphatic rings. The Morgan fingerprint density at radius 3 is 2.47 bits per heavy atom. The van der Waals surface area contributed by atoms with Crippen molar-refractivity contribution >= 4 is 21.5 Å². The minimum atomic E-state index is -3.77. The molecular weight excluding hydrogens is 428 g/mol. The van der Waals surface area contributed by atoms with E-state index in [9.17, 15) is 8.42 Å². The lowest BCUT2D eigenvalue weighted by Crippen LogP contribution is -2.36. The molecule has 0 bridgehead atoms. The molecule has 0 amide bonds. The molecule has 1 saturated heterocycles. The summed E-state index contributed by atoms with van der Waals surface area (Å²) in [5.74, 6) is 1.46. The molecule has 0 aliphatic carbocycles. The quantitative estimate of drug-likeness (QED) is 0.610. The van der Waals surface area contributed by atoms with Crippen LogP contribution in [0.25, 0.3) is 11.3 Å². The van der Waals surface area contributed by atoms with Gasteiger partial charge in [0.2, 0.25) is 0 Å². The molecule has 0 unspecified atom stereocenters. The van der Waals surface area contributed by atoms with Crippen molar-refractivity contribution in [3.05, 3.63) is 59.7 Å². The molecule has 3 aromatic rings. The Hall–Kier alpha value is -3.17. The number of anilines is 2. The van der Waals surface area contributed by atoms with E-state index in [0.29, 0.717) is 35.9 Å². The molecule has 1 fully saturated rings. The molecule has 1 aliphatic heterocycles. The third-order valence-corrected chi connectivity index (χ3v) is 6.90. The molecular formula is C23H26N4O4S. The van der Waals surface area contributed by atoms with Crippen molar-refractivity contribution in [2.45, 2.75) is 18.7 Å². The lowest BCUT2D eigenvalue weighted by atomic mass is 10.1. The first-order valence-electron chi connectivity index (χ1n) is 10.3. The molecule has 0 spiro atoms. The van der Waals surface area contributed by atoms with E-state index in [4.69, 9.17) is 9.47 Å². The molecule has 1 aromatic heterocycles. The Morgan fingerprint density at radius 1 is 1.00 bits per heavy atom. The van der Waals surface area contributed by atoms with Crippen LogP contribution in [0.3, 0.4) is 0 Å².